The van der Waals surface area contributed by atoms with Crippen molar-refractivity contribution < 1.29 is 14.3 Å². The first-order valence-electron chi connectivity index (χ1n) is 8.31. The van der Waals surface area contributed by atoms with Crippen molar-refractivity contribution in [3.8, 4) is 11.5 Å². The molecule has 0 aromatic heterocycles. The normalized spacial score (nSPS) is 10.2. The molecule has 2 aromatic carbocycles. The predicted molar refractivity (Wildman–Crippen MR) is 101 cm³/mol. The largest absolute Gasteiger partial charge is 0.496 e. The number of rotatable bonds is 8. The number of ether oxygens (including phenoxy) is 2. The van der Waals surface area contributed by atoms with Crippen molar-refractivity contribution in [1.82, 2.24) is 5.32 Å². The zero-order valence-corrected chi connectivity index (χ0v) is 15.1. The molecule has 0 atom stereocenters. The van der Waals surface area contributed by atoms with Gasteiger partial charge in [-0.2, -0.15) is 0 Å². The molecule has 0 saturated heterocycles. The molecule has 0 aliphatic carbocycles. The lowest BCUT2D eigenvalue weighted by Gasteiger charge is -2.12. The van der Waals surface area contributed by atoms with Gasteiger partial charge in [-0.25, -0.2) is 0 Å². The van der Waals surface area contributed by atoms with Crippen molar-refractivity contribution in [3.05, 3.63) is 71.3 Å². The summed E-state index contributed by atoms with van der Waals surface area (Å²) in [5.41, 5.74) is 3.84. The van der Waals surface area contributed by atoms with Crippen molar-refractivity contribution in [3.63, 3.8) is 0 Å². The molecule has 1 N–H and O–H groups in total. The number of amides is 1. The minimum absolute atomic E-state index is 0.128. The van der Waals surface area contributed by atoms with Crippen LogP contribution in [0.1, 0.15) is 27.0 Å². The van der Waals surface area contributed by atoms with Gasteiger partial charge in [0.25, 0.3) is 5.91 Å². The number of carbonyl (C=O) groups excluding carboxylic acids is 1. The number of benzene rings is 2. The molecule has 0 heterocycles. The Morgan fingerprint density at radius 1 is 1.16 bits per heavy atom. The minimum Gasteiger partial charge on any atom is -0.496 e. The molecule has 2 rings (SSSR count). The lowest BCUT2D eigenvalue weighted by molar-refractivity contribution is 0.0947. The van der Waals surface area contributed by atoms with E-state index in [-0.39, 0.29) is 5.91 Å². The number of methoxy groups -OCH3 is 1. The molecule has 0 radical (unpaired) electrons. The molecule has 0 aliphatic heterocycles. The molecule has 2 aromatic rings. The third kappa shape index (κ3) is 5.11. The number of aryl methyl sites for hydroxylation is 2. The summed E-state index contributed by atoms with van der Waals surface area (Å²) in [7, 11) is 1.62. The summed E-state index contributed by atoms with van der Waals surface area (Å²) in [6.45, 7) is 8.66. The second kappa shape index (κ2) is 8.92. The van der Waals surface area contributed by atoms with E-state index >= 15 is 0 Å². The molecule has 4 nitrogen and oxygen atoms in total. The van der Waals surface area contributed by atoms with Gasteiger partial charge < -0.3 is 14.8 Å². The van der Waals surface area contributed by atoms with Gasteiger partial charge in [-0.1, -0.05) is 23.8 Å². The topological polar surface area (TPSA) is 47.6 Å². The Labute approximate surface area is 149 Å². The maximum absolute atomic E-state index is 12.3. The summed E-state index contributed by atoms with van der Waals surface area (Å²) in [6, 6.07) is 11.4. The molecule has 0 bridgehead atoms. The number of allylic oxidation sites excluding steroid dienone is 1. The van der Waals surface area contributed by atoms with Gasteiger partial charge in [0.2, 0.25) is 0 Å². The predicted octanol–water partition coefficient (Wildman–Crippen LogP) is 3.85. The van der Waals surface area contributed by atoms with Crippen molar-refractivity contribution in [1.29, 1.82) is 0 Å². The highest BCUT2D eigenvalue weighted by atomic mass is 16.5. The summed E-state index contributed by atoms with van der Waals surface area (Å²) in [4.78, 5) is 12.3. The van der Waals surface area contributed by atoms with Gasteiger partial charge in [0, 0.05) is 5.56 Å². The van der Waals surface area contributed by atoms with Crippen LogP contribution in [0.4, 0.5) is 0 Å². The van der Waals surface area contributed by atoms with Crippen LogP contribution in [0, 0.1) is 13.8 Å². The first kappa shape index (κ1) is 18.6. The Kier molecular flexibility index (Phi) is 6.63. The molecule has 0 aliphatic rings. The summed E-state index contributed by atoms with van der Waals surface area (Å²) in [5, 5.41) is 2.88. The average molecular weight is 339 g/mol. The van der Waals surface area contributed by atoms with E-state index in [0.29, 0.717) is 25.1 Å². The van der Waals surface area contributed by atoms with Crippen molar-refractivity contribution >= 4 is 5.91 Å². The minimum atomic E-state index is -0.128. The van der Waals surface area contributed by atoms with Crippen LogP contribution in [0.2, 0.25) is 0 Å². The monoisotopic (exact) mass is 339 g/mol. The van der Waals surface area contributed by atoms with Gasteiger partial charge in [-0.15, -0.1) is 6.58 Å². The molecule has 1 amide bonds. The Morgan fingerprint density at radius 3 is 2.60 bits per heavy atom. The first-order chi connectivity index (χ1) is 12.0. The van der Waals surface area contributed by atoms with Crippen LogP contribution in [0.15, 0.2) is 49.1 Å². The van der Waals surface area contributed by atoms with Gasteiger partial charge in [0.1, 0.15) is 18.1 Å². The molecule has 0 spiro atoms. The highest BCUT2D eigenvalue weighted by molar-refractivity contribution is 5.94. The number of carbonyl (C=O) groups is 1. The van der Waals surface area contributed by atoms with E-state index in [0.717, 1.165) is 22.6 Å². The fourth-order valence-corrected chi connectivity index (χ4v) is 2.62. The quantitative estimate of drug-likeness (QED) is 0.587. The van der Waals surface area contributed by atoms with E-state index in [1.807, 2.05) is 32.0 Å². The number of hydrogen-bond acceptors (Lipinski definition) is 3. The summed E-state index contributed by atoms with van der Waals surface area (Å²) < 4.78 is 11.0. The molecule has 0 unspecified atom stereocenters. The molecule has 4 heteroatoms. The van der Waals surface area contributed by atoms with Crippen LogP contribution in [0.3, 0.4) is 0 Å². The second-order valence-corrected chi connectivity index (χ2v) is 5.89. The van der Waals surface area contributed by atoms with Crippen molar-refractivity contribution in [2.75, 3.05) is 20.3 Å². The van der Waals surface area contributed by atoms with Crippen molar-refractivity contribution in [2.45, 2.75) is 20.3 Å². The van der Waals surface area contributed by atoms with Crippen LogP contribution in [0.25, 0.3) is 0 Å². The molecular weight excluding hydrogens is 314 g/mol. The van der Waals surface area contributed by atoms with Gasteiger partial charge in [0.05, 0.1) is 13.7 Å². The Balaban J connectivity index is 1.89. The number of nitrogens with one attached hydrogen (secondary N) is 1. The van der Waals surface area contributed by atoms with Gasteiger partial charge in [-0.3, -0.25) is 4.79 Å². The van der Waals surface area contributed by atoms with E-state index in [9.17, 15) is 4.79 Å². The standard InChI is InChI=1S/C21H25NO3/c1-5-6-17-14-18(8-10-20(17)24-4)21(23)22-11-12-25-19-9-7-15(2)13-16(19)3/h5,7-10,13-14H,1,6,11-12H2,2-4H3,(H,22,23). The van der Waals surface area contributed by atoms with E-state index < -0.39 is 0 Å². The lowest BCUT2D eigenvalue weighted by Crippen LogP contribution is -2.28. The van der Waals surface area contributed by atoms with Gasteiger partial charge in [-0.05, 0) is 55.7 Å². The Bertz CT molecular complexity index is 753. The third-order valence-corrected chi connectivity index (χ3v) is 3.88. The average Bonchev–Trinajstić information content (AvgIpc) is 2.60. The van der Waals surface area contributed by atoms with Crippen LogP contribution >= 0.6 is 0 Å². The SMILES string of the molecule is C=CCc1cc(C(=O)NCCOc2ccc(C)cc2C)ccc1OC. The fraction of sp³-hybridized carbons (Fsp3) is 0.286. The molecule has 0 fully saturated rings. The first-order valence-corrected chi connectivity index (χ1v) is 8.31. The zero-order chi connectivity index (χ0) is 18.2. The number of hydrogen-bond donors (Lipinski definition) is 1. The fourth-order valence-electron chi connectivity index (χ4n) is 2.62. The second-order valence-electron chi connectivity index (χ2n) is 5.89. The van der Waals surface area contributed by atoms with E-state index in [1.165, 1.54) is 5.56 Å². The maximum Gasteiger partial charge on any atom is 0.251 e. The van der Waals surface area contributed by atoms with Crippen LogP contribution in [-0.2, 0) is 6.42 Å². The van der Waals surface area contributed by atoms with Crippen LogP contribution < -0.4 is 14.8 Å². The van der Waals surface area contributed by atoms with Gasteiger partial charge in [0.15, 0.2) is 0 Å². The Morgan fingerprint density at radius 2 is 1.92 bits per heavy atom. The molecule has 0 saturated carbocycles. The summed E-state index contributed by atoms with van der Waals surface area (Å²) >= 11 is 0. The molecular formula is C21H25NO3. The van der Waals surface area contributed by atoms with Gasteiger partial charge >= 0.3 is 0 Å². The van der Waals surface area contributed by atoms with E-state index in [1.54, 1.807) is 25.3 Å². The van der Waals surface area contributed by atoms with Crippen LogP contribution in [-0.4, -0.2) is 26.2 Å². The highest BCUT2D eigenvalue weighted by Crippen LogP contribution is 2.21. The van der Waals surface area contributed by atoms with Crippen molar-refractivity contribution in [2.24, 2.45) is 0 Å². The van der Waals surface area contributed by atoms with Crippen LogP contribution in [0.5, 0.6) is 11.5 Å². The summed E-state index contributed by atoms with van der Waals surface area (Å²) in [6.07, 6.45) is 2.44. The van der Waals surface area contributed by atoms with E-state index in [2.05, 4.69) is 18.0 Å². The molecule has 25 heavy (non-hydrogen) atoms. The smallest absolute Gasteiger partial charge is 0.251 e. The summed E-state index contributed by atoms with van der Waals surface area (Å²) in [5.74, 6) is 1.48. The Hall–Kier alpha value is -2.75. The highest BCUT2D eigenvalue weighted by Gasteiger charge is 2.09. The van der Waals surface area contributed by atoms with E-state index in [4.69, 9.17) is 9.47 Å². The zero-order valence-electron chi connectivity index (χ0n) is 15.1. The third-order valence-electron chi connectivity index (χ3n) is 3.88. The maximum atomic E-state index is 12.3. The molecule has 132 valence electrons. The lowest BCUT2D eigenvalue weighted by atomic mass is 10.1.